The third-order valence-corrected chi connectivity index (χ3v) is 4.26. The molecule has 5 heteroatoms. The van der Waals surface area contributed by atoms with Crippen molar-refractivity contribution in [1.82, 2.24) is 10.6 Å². The van der Waals surface area contributed by atoms with Crippen LogP contribution in [0, 0.1) is 0 Å². The van der Waals surface area contributed by atoms with Crippen molar-refractivity contribution in [2.75, 3.05) is 0 Å². The van der Waals surface area contributed by atoms with Gasteiger partial charge in [-0.2, -0.15) is 0 Å². The second-order valence-corrected chi connectivity index (χ2v) is 6.71. The first-order valence-electron chi connectivity index (χ1n) is 8.29. The summed E-state index contributed by atoms with van der Waals surface area (Å²) >= 11 is 0. The zero-order valence-corrected chi connectivity index (χ0v) is 15.8. The van der Waals surface area contributed by atoms with E-state index in [2.05, 4.69) is 55.0 Å². The van der Waals surface area contributed by atoms with Crippen molar-refractivity contribution in [2.24, 2.45) is 9.98 Å². The van der Waals surface area contributed by atoms with Gasteiger partial charge in [0, 0.05) is 17.7 Å². The minimum absolute atomic E-state index is 0.149. The molecule has 1 rings (SSSR count). The van der Waals surface area contributed by atoms with E-state index in [1.165, 1.54) is 11.1 Å². The number of nitrogens with one attached hydrogen (secondary N) is 2. The number of aliphatic imine (C=N–C) groups is 2. The molecule has 1 amide bonds. The maximum atomic E-state index is 10.5. The molecular weight excluding hydrogens is 300 g/mol. The average Bonchev–Trinajstić information content (AvgIpc) is 3.25. The number of carbonyl (C=O) groups is 1. The summed E-state index contributed by atoms with van der Waals surface area (Å²) in [6, 6.07) is 0. The molecule has 0 saturated heterocycles. The van der Waals surface area contributed by atoms with Crippen LogP contribution in [0.5, 0.6) is 0 Å². The zero-order chi connectivity index (χ0) is 18.3. The lowest BCUT2D eigenvalue weighted by molar-refractivity contribution is -0.108. The molecule has 0 aliphatic heterocycles. The first-order chi connectivity index (χ1) is 11.3. The summed E-state index contributed by atoms with van der Waals surface area (Å²) in [5.41, 5.74) is 4.54. The Bertz CT molecular complexity index is 615. The molecule has 0 aromatic heterocycles. The molecule has 24 heavy (non-hydrogen) atoms. The van der Waals surface area contributed by atoms with Crippen LogP contribution in [0.4, 0.5) is 0 Å². The number of rotatable bonds is 8. The Kier molecular flexibility index (Phi) is 7.14. The minimum atomic E-state index is 0.149. The molecule has 0 aromatic rings. The summed E-state index contributed by atoms with van der Waals surface area (Å²) in [6.07, 6.45) is 5.59. The average molecular weight is 330 g/mol. The number of carbonyl (C=O) groups excluding carboxylic acids is 1. The van der Waals surface area contributed by atoms with Crippen LogP contribution in [0.1, 0.15) is 60.8 Å². The van der Waals surface area contributed by atoms with Gasteiger partial charge in [-0.25, -0.2) is 9.98 Å². The van der Waals surface area contributed by atoms with Crippen LogP contribution >= 0.6 is 0 Å². The topological polar surface area (TPSA) is 65.8 Å². The van der Waals surface area contributed by atoms with Crippen LogP contribution in [0.3, 0.4) is 0 Å². The van der Waals surface area contributed by atoms with Gasteiger partial charge >= 0.3 is 0 Å². The number of hydrogen-bond donors (Lipinski definition) is 2. The normalized spacial score (nSPS) is 17.6. The smallest absolute Gasteiger partial charge is 0.212 e. The fraction of sp³-hybridized carbons (Fsp3) is 0.526. The molecule has 2 N–H and O–H groups in total. The first kappa shape index (κ1) is 19.9. The van der Waals surface area contributed by atoms with E-state index in [0.29, 0.717) is 18.7 Å². The number of nitrogens with zero attached hydrogens (tertiary/aromatic N) is 2. The number of amides is 1. The molecule has 0 radical (unpaired) electrons. The van der Waals surface area contributed by atoms with Gasteiger partial charge in [-0.3, -0.25) is 4.79 Å². The monoisotopic (exact) mass is 330 g/mol. The highest BCUT2D eigenvalue weighted by atomic mass is 16.1. The molecule has 0 atom stereocenters. The van der Waals surface area contributed by atoms with Crippen LogP contribution in [0.15, 0.2) is 44.3 Å². The highest BCUT2D eigenvalue weighted by Crippen LogP contribution is 2.36. The highest BCUT2D eigenvalue weighted by molar-refractivity contribution is 5.89. The number of hydrogen-bond acceptors (Lipinski definition) is 4. The second-order valence-electron chi connectivity index (χ2n) is 6.71. The third-order valence-electron chi connectivity index (χ3n) is 4.26. The van der Waals surface area contributed by atoms with E-state index in [1.54, 1.807) is 6.92 Å². The van der Waals surface area contributed by atoms with Gasteiger partial charge in [0.05, 0.1) is 0 Å². The Morgan fingerprint density at radius 1 is 1.25 bits per heavy atom. The molecule has 0 heterocycles. The summed E-state index contributed by atoms with van der Waals surface area (Å²) in [6.45, 7) is 15.9. The van der Waals surface area contributed by atoms with E-state index < -0.39 is 0 Å². The van der Waals surface area contributed by atoms with Gasteiger partial charge in [0.1, 0.15) is 11.7 Å². The molecule has 1 saturated carbocycles. The van der Waals surface area contributed by atoms with Crippen molar-refractivity contribution in [1.29, 1.82) is 0 Å². The van der Waals surface area contributed by atoms with Crippen LogP contribution in [0.2, 0.25) is 0 Å². The van der Waals surface area contributed by atoms with Crippen molar-refractivity contribution >= 4 is 19.0 Å². The van der Waals surface area contributed by atoms with Crippen molar-refractivity contribution in [2.45, 2.75) is 66.3 Å². The van der Waals surface area contributed by atoms with Gasteiger partial charge in [0.15, 0.2) is 0 Å². The lowest BCUT2D eigenvalue weighted by Crippen LogP contribution is -2.27. The minimum Gasteiger partial charge on any atom is -0.365 e. The Morgan fingerprint density at radius 2 is 1.88 bits per heavy atom. The van der Waals surface area contributed by atoms with E-state index >= 15 is 0 Å². The lowest BCUT2D eigenvalue weighted by Gasteiger charge is -2.19. The van der Waals surface area contributed by atoms with Crippen molar-refractivity contribution in [3.8, 4) is 0 Å². The molecule has 1 aliphatic rings. The summed E-state index contributed by atoms with van der Waals surface area (Å²) in [5, 5.41) is 6.08. The van der Waals surface area contributed by atoms with Gasteiger partial charge in [-0.1, -0.05) is 11.6 Å². The molecular formula is C19H30N4O. The summed E-state index contributed by atoms with van der Waals surface area (Å²) < 4.78 is 0. The standard InChI is InChI=1S/C19H30N4O/c1-8-16(22-15(5)21-12-24)11-17(13(2)3)14(4)18(20-7)23-19(6)9-10-19/h8,12,23H,7,9-11H2,1-6H3,(H,21,22,24)/b16-8-,18-14-. The predicted octanol–water partition coefficient (Wildman–Crippen LogP) is 3.86. The maximum absolute atomic E-state index is 10.5. The quantitative estimate of drug-likeness (QED) is 0.307. The van der Waals surface area contributed by atoms with E-state index in [4.69, 9.17) is 0 Å². The first-order valence-corrected chi connectivity index (χ1v) is 8.29. The molecule has 0 aromatic carbocycles. The molecule has 132 valence electrons. The zero-order valence-electron chi connectivity index (χ0n) is 15.8. The third kappa shape index (κ3) is 5.80. The molecule has 1 fully saturated rings. The van der Waals surface area contributed by atoms with E-state index in [0.717, 1.165) is 29.9 Å². The summed E-state index contributed by atoms with van der Waals surface area (Å²) in [5.74, 6) is 1.42. The molecule has 0 unspecified atom stereocenters. The fourth-order valence-electron chi connectivity index (χ4n) is 2.40. The largest absolute Gasteiger partial charge is 0.365 e. The summed E-state index contributed by atoms with van der Waals surface area (Å²) in [7, 11) is 0. The SMILES string of the molecule is C=N/C(NC1(C)CC1)=C(\C)C(CC(=C/C)/N=C(/C)NC=O)=C(C)C. The molecule has 5 nitrogen and oxygen atoms in total. The van der Waals surface area contributed by atoms with Crippen LogP contribution in [0.25, 0.3) is 0 Å². The van der Waals surface area contributed by atoms with Gasteiger partial charge in [-0.05, 0) is 72.2 Å². The summed E-state index contributed by atoms with van der Waals surface area (Å²) in [4.78, 5) is 19.2. The number of allylic oxidation sites excluding steroid dienone is 4. The van der Waals surface area contributed by atoms with Gasteiger partial charge in [-0.15, -0.1) is 0 Å². The van der Waals surface area contributed by atoms with E-state index in [9.17, 15) is 4.79 Å². The maximum Gasteiger partial charge on any atom is 0.212 e. The fourth-order valence-corrected chi connectivity index (χ4v) is 2.40. The number of amidine groups is 1. The van der Waals surface area contributed by atoms with E-state index in [-0.39, 0.29) is 5.54 Å². The Hall–Kier alpha value is -2.17. The molecule has 1 aliphatic carbocycles. The molecule has 0 spiro atoms. The Labute approximate surface area is 145 Å². The Morgan fingerprint density at radius 3 is 2.29 bits per heavy atom. The van der Waals surface area contributed by atoms with Crippen LogP contribution in [-0.4, -0.2) is 24.5 Å². The lowest BCUT2D eigenvalue weighted by atomic mass is 9.97. The Balaban J connectivity index is 3.09. The van der Waals surface area contributed by atoms with Crippen LogP contribution in [-0.2, 0) is 4.79 Å². The van der Waals surface area contributed by atoms with E-state index in [1.807, 2.05) is 13.0 Å². The second kappa shape index (κ2) is 8.62. The van der Waals surface area contributed by atoms with Crippen molar-refractivity contribution in [3.05, 3.63) is 34.3 Å². The van der Waals surface area contributed by atoms with Crippen LogP contribution < -0.4 is 10.6 Å². The van der Waals surface area contributed by atoms with Gasteiger partial charge in [0.25, 0.3) is 0 Å². The molecule has 0 bridgehead atoms. The van der Waals surface area contributed by atoms with Crippen molar-refractivity contribution in [3.63, 3.8) is 0 Å². The van der Waals surface area contributed by atoms with Gasteiger partial charge < -0.3 is 10.6 Å². The van der Waals surface area contributed by atoms with Crippen molar-refractivity contribution < 1.29 is 4.79 Å². The predicted molar refractivity (Wildman–Crippen MR) is 102 cm³/mol. The highest BCUT2D eigenvalue weighted by Gasteiger charge is 2.38. The van der Waals surface area contributed by atoms with Gasteiger partial charge in [0.2, 0.25) is 6.41 Å².